The number of nitrogens with zero attached hydrogens (tertiary/aromatic N) is 2. The van der Waals surface area contributed by atoms with E-state index in [1.54, 1.807) is 17.0 Å². The molecule has 2 atom stereocenters. The molecular formula is C18H19F2N3O2. The fourth-order valence-corrected chi connectivity index (χ4v) is 3.08. The third-order valence-corrected chi connectivity index (χ3v) is 4.24. The van der Waals surface area contributed by atoms with E-state index in [0.717, 1.165) is 18.2 Å². The Morgan fingerprint density at radius 3 is 2.84 bits per heavy atom. The van der Waals surface area contributed by atoms with Crippen LogP contribution >= 0.6 is 0 Å². The largest absolute Gasteiger partial charge is 0.391 e. The smallest absolute Gasteiger partial charge is 0.252 e. The summed E-state index contributed by atoms with van der Waals surface area (Å²) in [5.41, 5.74) is 0.602. The van der Waals surface area contributed by atoms with Crippen LogP contribution in [0.3, 0.4) is 0 Å². The van der Waals surface area contributed by atoms with Crippen molar-refractivity contribution in [1.82, 2.24) is 10.3 Å². The van der Waals surface area contributed by atoms with Gasteiger partial charge in [-0.3, -0.25) is 4.79 Å². The Morgan fingerprint density at radius 2 is 2.16 bits per heavy atom. The second-order valence-electron chi connectivity index (χ2n) is 5.99. The second-order valence-corrected chi connectivity index (χ2v) is 5.99. The molecule has 0 saturated carbocycles. The van der Waals surface area contributed by atoms with Gasteiger partial charge in [-0.05, 0) is 43.7 Å². The summed E-state index contributed by atoms with van der Waals surface area (Å²) in [5.74, 6) is -0.782. The van der Waals surface area contributed by atoms with Crippen LogP contribution in [-0.2, 0) is 0 Å². The number of aliphatic hydroxyl groups excluding tert-OH is 1. The van der Waals surface area contributed by atoms with Gasteiger partial charge in [0.1, 0.15) is 17.5 Å². The van der Waals surface area contributed by atoms with Crippen molar-refractivity contribution in [2.24, 2.45) is 0 Å². The average Bonchev–Trinajstić information content (AvgIpc) is 2.99. The monoisotopic (exact) mass is 347 g/mol. The number of hydrogen-bond acceptors (Lipinski definition) is 4. The molecule has 1 saturated heterocycles. The van der Waals surface area contributed by atoms with E-state index in [2.05, 4.69) is 10.3 Å². The zero-order valence-electron chi connectivity index (χ0n) is 13.7. The molecule has 1 fully saturated rings. The maximum absolute atomic E-state index is 14.1. The summed E-state index contributed by atoms with van der Waals surface area (Å²) in [6, 6.07) is 6.04. The number of aliphatic hydroxyl groups is 1. The lowest BCUT2D eigenvalue weighted by atomic mass is 10.0. The summed E-state index contributed by atoms with van der Waals surface area (Å²) in [7, 11) is 0. The maximum atomic E-state index is 14.1. The lowest BCUT2D eigenvalue weighted by Crippen LogP contribution is -2.26. The Kier molecular flexibility index (Phi) is 4.94. The van der Waals surface area contributed by atoms with Crippen molar-refractivity contribution in [2.45, 2.75) is 25.5 Å². The van der Waals surface area contributed by atoms with Crippen LogP contribution < -0.4 is 10.2 Å². The number of aromatic nitrogens is 1. The third-order valence-electron chi connectivity index (χ3n) is 4.24. The summed E-state index contributed by atoms with van der Waals surface area (Å²) in [6.45, 7) is 2.59. The van der Waals surface area contributed by atoms with Crippen LogP contribution in [0.4, 0.5) is 14.6 Å². The van der Waals surface area contributed by atoms with E-state index in [9.17, 15) is 18.7 Å². The van der Waals surface area contributed by atoms with E-state index < -0.39 is 23.8 Å². The summed E-state index contributed by atoms with van der Waals surface area (Å²) in [5, 5.41) is 12.7. The number of pyridine rings is 1. The van der Waals surface area contributed by atoms with Crippen LogP contribution in [0.25, 0.3) is 0 Å². The Hall–Kier alpha value is -2.54. The van der Waals surface area contributed by atoms with Gasteiger partial charge in [0.15, 0.2) is 0 Å². The van der Waals surface area contributed by atoms with Crippen molar-refractivity contribution in [2.75, 3.05) is 18.0 Å². The number of amides is 1. The number of rotatable bonds is 4. The van der Waals surface area contributed by atoms with E-state index in [1.807, 2.05) is 6.92 Å². The lowest BCUT2D eigenvalue weighted by molar-refractivity contribution is 0.0955. The predicted octanol–water partition coefficient (Wildman–Crippen LogP) is 2.42. The van der Waals surface area contributed by atoms with Gasteiger partial charge in [0.05, 0.1) is 17.7 Å². The SMILES string of the molecule is CCNC(=O)c1ccc(N2C[C@@H](O)C[C@H]2c2cc(F)ccc2F)nc1. The molecular weight excluding hydrogens is 328 g/mol. The van der Waals surface area contributed by atoms with Crippen LogP contribution in [0.15, 0.2) is 36.5 Å². The molecule has 1 aromatic heterocycles. The second kappa shape index (κ2) is 7.14. The summed E-state index contributed by atoms with van der Waals surface area (Å²) >= 11 is 0. The predicted molar refractivity (Wildman–Crippen MR) is 89.3 cm³/mol. The minimum Gasteiger partial charge on any atom is -0.391 e. The van der Waals surface area contributed by atoms with Crippen LogP contribution in [-0.4, -0.2) is 35.2 Å². The molecule has 0 bridgehead atoms. The van der Waals surface area contributed by atoms with Gasteiger partial charge in [0.2, 0.25) is 0 Å². The molecule has 1 aliphatic rings. The Balaban J connectivity index is 1.89. The molecule has 2 heterocycles. The minimum atomic E-state index is -0.669. The molecule has 132 valence electrons. The molecule has 0 aliphatic carbocycles. The zero-order chi connectivity index (χ0) is 18.0. The van der Waals surface area contributed by atoms with E-state index in [-0.39, 0.29) is 24.4 Å². The lowest BCUT2D eigenvalue weighted by Gasteiger charge is -2.26. The van der Waals surface area contributed by atoms with E-state index in [1.165, 1.54) is 6.20 Å². The highest BCUT2D eigenvalue weighted by Crippen LogP contribution is 2.36. The van der Waals surface area contributed by atoms with Crippen LogP contribution in [0.5, 0.6) is 0 Å². The molecule has 25 heavy (non-hydrogen) atoms. The molecule has 3 rings (SSSR count). The fourth-order valence-electron chi connectivity index (χ4n) is 3.08. The first-order chi connectivity index (χ1) is 12.0. The molecule has 7 heteroatoms. The minimum absolute atomic E-state index is 0.186. The quantitative estimate of drug-likeness (QED) is 0.892. The summed E-state index contributed by atoms with van der Waals surface area (Å²) < 4.78 is 27.7. The first-order valence-corrected chi connectivity index (χ1v) is 8.13. The van der Waals surface area contributed by atoms with Crippen molar-refractivity contribution in [3.63, 3.8) is 0 Å². The normalized spacial score (nSPS) is 19.9. The van der Waals surface area contributed by atoms with Gasteiger partial charge in [0, 0.05) is 24.8 Å². The van der Waals surface area contributed by atoms with Gasteiger partial charge in [0.25, 0.3) is 5.91 Å². The molecule has 1 aliphatic heterocycles. The van der Waals surface area contributed by atoms with Crippen LogP contribution in [0, 0.1) is 11.6 Å². The van der Waals surface area contributed by atoms with E-state index in [4.69, 9.17) is 0 Å². The average molecular weight is 347 g/mol. The number of carbonyl (C=O) groups excluding carboxylic acids is 1. The van der Waals surface area contributed by atoms with E-state index >= 15 is 0 Å². The number of benzene rings is 1. The first kappa shape index (κ1) is 17.3. The van der Waals surface area contributed by atoms with Gasteiger partial charge in [-0.2, -0.15) is 0 Å². The maximum Gasteiger partial charge on any atom is 0.252 e. The van der Waals surface area contributed by atoms with Crippen molar-refractivity contribution in [3.05, 3.63) is 59.3 Å². The topological polar surface area (TPSA) is 65.5 Å². The number of β-amino-alcohol motifs (C(OH)–C–C–N with tert-alkyl or cyclic N) is 1. The molecule has 1 aromatic carbocycles. The summed E-state index contributed by atoms with van der Waals surface area (Å²) in [6.07, 6.45) is 1.04. The molecule has 0 unspecified atom stereocenters. The molecule has 2 N–H and O–H groups in total. The van der Waals surface area contributed by atoms with Gasteiger partial charge >= 0.3 is 0 Å². The highest BCUT2D eigenvalue weighted by molar-refractivity contribution is 5.94. The van der Waals surface area contributed by atoms with Crippen molar-refractivity contribution in [1.29, 1.82) is 0 Å². The zero-order valence-corrected chi connectivity index (χ0v) is 13.7. The highest BCUT2D eigenvalue weighted by Gasteiger charge is 2.34. The van der Waals surface area contributed by atoms with Crippen molar-refractivity contribution >= 4 is 11.7 Å². The molecule has 1 amide bonds. The van der Waals surface area contributed by atoms with Gasteiger partial charge in [-0.25, -0.2) is 13.8 Å². The van der Waals surface area contributed by atoms with Crippen LogP contribution in [0.1, 0.15) is 35.3 Å². The summed E-state index contributed by atoms with van der Waals surface area (Å²) in [4.78, 5) is 17.8. The number of hydrogen-bond donors (Lipinski definition) is 2. The van der Waals surface area contributed by atoms with Crippen molar-refractivity contribution in [3.8, 4) is 0 Å². The number of carbonyl (C=O) groups is 1. The first-order valence-electron chi connectivity index (χ1n) is 8.13. The van der Waals surface area contributed by atoms with Crippen molar-refractivity contribution < 1.29 is 18.7 Å². The molecule has 0 radical (unpaired) electrons. The van der Waals surface area contributed by atoms with Gasteiger partial charge in [-0.15, -0.1) is 0 Å². The highest BCUT2D eigenvalue weighted by atomic mass is 19.1. The Bertz CT molecular complexity index is 767. The Labute approximate surface area is 144 Å². The Morgan fingerprint density at radius 1 is 1.36 bits per heavy atom. The van der Waals surface area contributed by atoms with Gasteiger partial charge < -0.3 is 15.3 Å². The third kappa shape index (κ3) is 3.61. The van der Waals surface area contributed by atoms with Gasteiger partial charge in [-0.1, -0.05) is 0 Å². The molecule has 2 aromatic rings. The molecule has 0 spiro atoms. The van der Waals surface area contributed by atoms with E-state index in [0.29, 0.717) is 17.9 Å². The number of nitrogens with one attached hydrogen (secondary N) is 1. The standard InChI is InChI=1S/C18H19F2N3O2/c1-2-21-18(25)11-3-6-17(22-9-11)23-10-13(24)8-16(23)14-7-12(19)4-5-15(14)20/h3-7,9,13,16,24H,2,8,10H2,1H3,(H,21,25)/t13-,16-/m0/s1. The van der Waals surface area contributed by atoms with Crippen LogP contribution in [0.2, 0.25) is 0 Å². The fraction of sp³-hybridized carbons (Fsp3) is 0.333. The molecule has 5 nitrogen and oxygen atoms in total. The number of halogens is 2. The number of anilines is 1.